The van der Waals surface area contributed by atoms with Crippen LogP contribution in [0.3, 0.4) is 0 Å². The number of amides is 3. The molecule has 4 rings (SSSR count). The standard InChI is InChI=1S/C20H28N4O4/c1-13-18(28-12-22-13)20(27)23-6-4-15(5-7-23)10-24-11-16(8-17(24)25)19(26)21-9-14-2-3-14/h12,14-16H,2-11H2,1H3,(H,21,26). The summed E-state index contributed by atoms with van der Waals surface area (Å²) < 4.78 is 5.21. The summed E-state index contributed by atoms with van der Waals surface area (Å²) in [5.41, 5.74) is 0.612. The Labute approximate surface area is 164 Å². The van der Waals surface area contributed by atoms with Crippen LogP contribution in [0.4, 0.5) is 0 Å². The fraction of sp³-hybridized carbons (Fsp3) is 0.700. The highest BCUT2D eigenvalue weighted by molar-refractivity contribution is 5.92. The molecule has 1 aromatic heterocycles. The quantitative estimate of drug-likeness (QED) is 0.790. The Balaban J connectivity index is 1.23. The minimum absolute atomic E-state index is 0.0191. The number of piperidine rings is 1. The molecule has 8 heteroatoms. The monoisotopic (exact) mass is 388 g/mol. The van der Waals surface area contributed by atoms with Gasteiger partial charge in [0.25, 0.3) is 5.91 Å². The number of carbonyl (C=O) groups is 3. The van der Waals surface area contributed by atoms with Crippen molar-refractivity contribution in [3.63, 3.8) is 0 Å². The number of rotatable bonds is 6. The van der Waals surface area contributed by atoms with Crippen molar-refractivity contribution >= 4 is 17.7 Å². The van der Waals surface area contributed by atoms with E-state index in [4.69, 9.17) is 4.42 Å². The van der Waals surface area contributed by atoms with Gasteiger partial charge < -0.3 is 19.5 Å². The van der Waals surface area contributed by atoms with Crippen molar-refractivity contribution in [2.75, 3.05) is 32.7 Å². The number of nitrogens with zero attached hydrogens (tertiary/aromatic N) is 3. The molecule has 28 heavy (non-hydrogen) atoms. The number of hydrogen-bond acceptors (Lipinski definition) is 5. The Kier molecular flexibility index (Phi) is 5.37. The molecule has 1 N–H and O–H groups in total. The second kappa shape index (κ2) is 7.93. The molecule has 3 aliphatic rings. The van der Waals surface area contributed by atoms with E-state index in [-0.39, 0.29) is 23.6 Å². The summed E-state index contributed by atoms with van der Waals surface area (Å²) in [6, 6.07) is 0. The molecule has 3 amide bonds. The van der Waals surface area contributed by atoms with Crippen LogP contribution < -0.4 is 5.32 Å². The van der Waals surface area contributed by atoms with Gasteiger partial charge in [-0.3, -0.25) is 14.4 Å². The molecule has 1 aromatic rings. The summed E-state index contributed by atoms with van der Waals surface area (Å²) in [6.45, 7) is 5.01. The minimum Gasteiger partial charge on any atom is -0.438 e. The second-order valence-corrected chi connectivity index (χ2v) is 8.39. The molecule has 2 saturated heterocycles. The van der Waals surface area contributed by atoms with E-state index in [1.165, 1.54) is 19.2 Å². The SMILES string of the molecule is Cc1ncoc1C(=O)N1CCC(CN2CC(C(=O)NCC3CC3)CC2=O)CC1. The van der Waals surface area contributed by atoms with Crippen molar-refractivity contribution in [1.82, 2.24) is 20.1 Å². The first-order valence-electron chi connectivity index (χ1n) is 10.3. The number of oxazole rings is 1. The summed E-state index contributed by atoms with van der Waals surface area (Å²) in [6.07, 6.45) is 5.72. The van der Waals surface area contributed by atoms with Crippen LogP contribution in [0.15, 0.2) is 10.8 Å². The Morgan fingerprint density at radius 1 is 1.21 bits per heavy atom. The molecule has 1 unspecified atom stereocenters. The van der Waals surface area contributed by atoms with Gasteiger partial charge in [-0.2, -0.15) is 0 Å². The van der Waals surface area contributed by atoms with Gasteiger partial charge in [-0.25, -0.2) is 4.98 Å². The van der Waals surface area contributed by atoms with E-state index < -0.39 is 0 Å². The second-order valence-electron chi connectivity index (χ2n) is 8.39. The highest BCUT2D eigenvalue weighted by Crippen LogP contribution is 2.28. The van der Waals surface area contributed by atoms with Gasteiger partial charge in [-0.05, 0) is 44.4 Å². The lowest BCUT2D eigenvalue weighted by Gasteiger charge is -2.33. The Morgan fingerprint density at radius 2 is 1.96 bits per heavy atom. The van der Waals surface area contributed by atoms with Crippen LogP contribution in [-0.2, 0) is 9.59 Å². The van der Waals surface area contributed by atoms with Gasteiger partial charge in [0.1, 0.15) is 0 Å². The van der Waals surface area contributed by atoms with Crippen molar-refractivity contribution < 1.29 is 18.8 Å². The average Bonchev–Trinajstić information content (AvgIpc) is 3.32. The highest BCUT2D eigenvalue weighted by atomic mass is 16.3. The molecule has 0 radical (unpaired) electrons. The maximum absolute atomic E-state index is 12.5. The Bertz CT molecular complexity index is 749. The van der Waals surface area contributed by atoms with E-state index in [0.717, 1.165) is 19.4 Å². The minimum atomic E-state index is -0.220. The summed E-state index contributed by atoms with van der Waals surface area (Å²) in [5.74, 6) is 1.07. The molecular formula is C20H28N4O4. The number of likely N-dealkylation sites (tertiary alicyclic amines) is 2. The van der Waals surface area contributed by atoms with Gasteiger partial charge in [0.2, 0.25) is 17.6 Å². The van der Waals surface area contributed by atoms with Gasteiger partial charge >= 0.3 is 0 Å². The molecule has 3 heterocycles. The Morgan fingerprint density at radius 3 is 2.61 bits per heavy atom. The summed E-state index contributed by atoms with van der Waals surface area (Å²) in [5, 5.41) is 2.99. The summed E-state index contributed by atoms with van der Waals surface area (Å²) in [4.78, 5) is 44.7. The van der Waals surface area contributed by atoms with Crippen molar-refractivity contribution in [3.05, 3.63) is 17.8 Å². The van der Waals surface area contributed by atoms with Gasteiger partial charge in [-0.15, -0.1) is 0 Å². The lowest BCUT2D eigenvalue weighted by Crippen LogP contribution is -2.42. The van der Waals surface area contributed by atoms with Crippen LogP contribution >= 0.6 is 0 Å². The fourth-order valence-corrected chi connectivity index (χ4v) is 4.12. The zero-order valence-corrected chi connectivity index (χ0v) is 16.4. The number of aryl methyl sites for hydroxylation is 1. The highest BCUT2D eigenvalue weighted by Gasteiger charge is 2.36. The van der Waals surface area contributed by atoms with Crippen LogP contribution in [-0.4, -0.2) is 65.2 Å². The topological polar surface area (TPSA) is 95.8 Å². The molecule has 8 nitrogen and oxygen atoms in total. The van der Waals surface area contributed by atoms with E-state index in [1.807, 2.05) is 4.90 Å². The van der Waals surface area contributed by atoms with E-state index in [1.54, 1.807) is 11.8 Å². The van der Waals surface area contributed by atoms with Crippen LogP contribution in [0, 0.1) is 24.7 Å². The lowest BCUT2D eigenvalue weighted by molar-refractivity contribution is -0.129. The number of aromatic nitrogens is 1. The first kappa shape index (κ1) is 19.0. The molecule has 0 spiro atoms. The molecular weight excluding hydrogens is 360 g/mol. The van der Waals surface area contributed by atoms with Crippen LogP contribution in [0.25, 0.3) is 0 Å². The molecule has 1 atom stereocenters. The number of nitrogens with one attached hydrogen (secondary N) is 1. The van der Waals surface area contributed by atoms with E-state index in [2.05, 4.69) is 10.3 Å². The third-order valence-corrected chi connectivity index (χ3v) is 6.17. The predicted molar refractivity (Wildman–Crippen MR) is 100 cm³/mol. The zero-order valence-electron chi connectivity index (χ0n) is 16.4. The van der Waals surface area contributed by atoms with Crippen molar-refractivity contribution in [1.29, 1.82) is 0 Å². The molecule has 0 aromatic carbocycles. The maximum atomic E-state index is 12.5. The third kappa shape index (κ3) is 4.20. The third-order valence-electron chi connectivity index (χ3n) is 6.17. The first-order chi connectivity index (χ1) is 13.5. The molecule has 152 valence electrons. The van der Waals surface area contributed by atoms with Crippen molar-refractivity contribution in [3.8, 4) is 0 Å². The number of carbonyl (C=O) groups excluding carboxylic acids is 3. The van der Waals surface area contributed by atoms with Crippen LogP contribution in [0.5, 0.6) is 0 Å². The van der Waals surface area contributed by atoms with E-state index in [0.29, 0.717) is 55.9 Å². The van der Waals surface area contributed by atoms with Gasteiger partial charge in [0.05, 0.1) is 11.6 Å². The molecule has 0 bridgehead atoms. The summed E-state index contributed by atoms with van der Waals surface area (Å²) in [7, 11) is 0. The zero-order chi connectivity index (χ0) is 19.7. The molecule has 3 fully saturated rings. The van der Waals surface area contributed by atoms with Gasteiger partial charge in [0.15, 0.2) is 6.39 Å². The summed E-state index contributed by atoms with van der Waals surface area (Å²) >= 11 is 0. The van der Waals surface area contributed by atoms with Crippen LogP contribution in [0.1, 0.15) is 48.4 Å². The largest absolute Gasteiger partial charge is 0.438 e. The van der Waals surface area contributed by atoms with Gasteiger partial charge in [0, 0.05) is 39.1 Å². The van der Waals surface area contributed by atoms with E-state index in [9.17, 15) is 14.4 Å². The normalized spacial score (nSPS) is 23.3. The van der Waals surface area contributed by atoms with Crippen molar-refractivity contribution in [2.45, 2.75) is 39.0 Å². The smallest absolute Gasteiger partial charge is 0.291 e. The number of hydrogen-bond donors (Lipinski definition) is 1. The van der Waals surface area contributed by atoms with E-state index >= 15 is 0 Å². The van der Waals surface area contributed by atoms with Crippen molar-refractivity contribution in [2.24, 2.45) is 17.8 Å². The Hall–Kier alpha value is -2.38. The average molecular weight is 388 g/mol. The fourth-order valence-electron chi connectivity index (χ4n) is 4.12. The predicted octanol–water partition coefficient (Wildman–Crippen LogP) is 1.21. The van der Waals surface area contributed by atoms with Gasteiger partial charge in [-0.1, -0.05) is 0 Å². The lowest BCUT2D eigenvalue weighted by atomic mass is 9.96. The van der Waals surface area contributed by atoms with Crippen LogP contribution in [0.2, 0.25) is 0 Å². The molecule has 2 aliphatic heterocycles. The maximum Gasteiger partial charge on any atom is 0.291 e. The molecule has 1 aliphatic carbocycles. The first-order valence-corrected chi connectivity index (χ1v) is 10.3. The molecule has 1 saturated carbocycles.